The lowest BCUT2D eigenvalue weighted by Crippen LogP contribution is -2.42. The molecule has 0 aromatic heterocycles. The van der Waals surface area contributed by atoms with Crippen LogP contribution in [0.3, 0.4) is 0 Å². The van der Waals surface area contributed by atoms with Crippen LogP contribution in [0.25, 0.3) is 0 Å². The van der Waals surface area contributed by atoms with E-state index in [9.17, 15) is 15.0 Å². The summed E-state index contributed by atoms with van der Waals surface area (Å²) in [4.78, 5) is 11.8. The molecular weight excluding hydrogens is 252 g/mol. The normalized spacial score (nSPS) is 29.6. The molecule has 0 aliphatic heterocycles. The Bertz CT molecular complexity index is 466. The smallest absolute Gasteiger partial charge is 0.309 e. The van der Waals surface area contributed by atoms with Crippen LogP contribution in [-0.4, -0.2) is 16.2 Å². The average Bonchev–Trinajstić information content (AvgIpc) is 2.39. The lowest BCUT2D eigenvalue weighted by molar-refractivity contribution is -0.157. The third-order valence-corrected chi connectivity index (χ3v) is 4.62. The summed E-state index contributed by atoms with van der Waals surface area (Å²) in [5.41, 5.74) is -1.10. The van der Waals surface area contributed by atoms with E-state index < -0.39 is 17.0 Å². The predicted octanol–water partition coefficient (Wildman–Crippen LogP) is 3.57. The highest BCUT2D eigenvalue weighted by Gasteiger charge is 2.46. The molecule has 1 saturated carbocycles. The predicted molar refractivity (Wildman–Crippen MR) is 78.3 cm³/mol. The van der Waals surface area contributed by atoms with Crippen LogP contribution in [0.5, 0.6) is 0 Å². The van der Waals surface area contributed by atoms with Crippen molar-refractivity contribution >= 4 is 5.97 Å². The van der Waals surface area contributed by atoms with E-state index in [2.05, 4.69) is 6.92 Å². The molecule has 3 atom stereocenters. The van der Waals surface area contributed by atoms with Crippen LogP contribution < -0.4 is 0 Å². The fourth-order valence-electron chi connectivity index (χ4n) is 3.65. The first-order chi connectivity index (χ1) is 9.36. The van der Waals surface area contributed by atoms with Gasteiger partial charge in [-0.05, 0) is 37.7 Å². The molecule has 110 valence electrons. The largest absolute Gasteiger partial charge is 0.481 e. The van der Waals surface area contributed by atoms with E-state index in [0.717, 1.165) is 18.4 Å². The van der Waals surface area contributed by atoms with Crippen molar-refractivity contribution in [3.8, 4) is 0 Å². The van der Waals surface area contributed by atoms with Gasteiger partial charge in [-0.3, -0.25) is 4.79 Å². The molecule has 1 aromatic rings. The lowest BCUT2D eigenvalue weighted by atomic mass is 9.64. The highest BCUT2D eigenvalue weighted by molar-refractivity contribution is 5.75. The van der Waals surface area contributed by atoms with Crippen molar-refractivity contribution in [1.29, 1.82) is 0 Å². The van der Waals surface area contributed by atoms with Crippen LogP contribution in [0.1, 0.15) is 51.5 Å². The Labute approximate surface area is 120 Å². The van der Waals surface area contributed by atoms with Gasteiger partial charge >= 0.3 is 5.97 Å². The molecule has 1 aliphatic carbocycles. The molecule has 0 saturated heterocycles. The minimum atomic E-state index is -1.10. The van der Waals surface area contributed by atoms with Crippen molar-refractivity contribution in [3.63, 3.8) is 0 Å². The zero-order chi connectivity index (χ0) is 14.8. The number of aliphatic hydroxyl groups is 1. The molecule has 1 fully saturated rings. The molecule has 0 spiro atoms. The van der Waals surface area contributed by atoms with Crippen LogP contribution in [-0.2, 0) is 10.4 Å². The van der Waals surface area contributed by atoms with Gasteiger partial charge in [0, 0.05) is 0 Å². The first-order valence-corrected chi connectivity index (χ1v) is 7.37. The monoisotopic (exact) mass is 276 g/mol. The number of hydrogen-bond donors (Lipinski definition) is 2. The van der Waals surface area contributed by atoms with Crippen molar-refractivity contribution in [2.45, 2.75) is 51.6 Å². The minimum Gasteiger partial charge on any atom is -0.481 e. The van der Waals surface area contributed by atoms with Crippen molar-refractivity contribution in [2.24, 2.45) is 11.3 Å². The lowest BCUT2D eigenvalue weighted by Gasteiger charge is -2.41. The van der Waals surface area contributed by atoms with E-state index in [0.29, 0.717) is 18.8 Å². The highest BCUT2D eigenvalue weighted by Crippen LogP contribution is 2.47. The van der Waals surface area contributed by atoms with Gasteiger partial charge in [-0.15, -0.1) is 0 Å². The number of carbonyl (C=O) groups is 1. The van der Waals surface area contributed by atoms with Crippen LogP contribution in [0.15, 0.2) is 30.3 Å². The summed E-state index contributed by atoms with van der Waals surface area (Å²) in [5.74, 6) is -0.355. The fourth-order valence-corrected chi connectivity index (χ4v) is 3.65. The van der Waals surface area contributed by atoms with E-state index in [1.807, 2.05) is 30.3 Å². The maximum atomic E-state index is 11.8. The van der Waals surface area contributed by atoms with E-state index in [-0.39, 0.29) is 6.42 Å². The number of carboxylic acids is 1. The fraction of sp³-hybridized carbons (Fsp3) is 0.588. The number of aliphatic carboxylic acids is 1. The van der Waals surface area contributed by atoms with Gasteiger partial charge in [0.2, 0.25) is 0 Å². The Morgan fingerprint density at radius 2 is 2.05 bits per heavy atom. The molecule has 1 aromatic carbocycles. The summed E-state index contributed by atoms with van der Waals surface area (Å²) in [7, 11) is 0. The summed E-state index contributed by atoms with van der Waals surface area (Å²) in [5, 5.41) is 20.5. The molecule has 0 bridgehead atoms. The van der Waals surface area contributed by atoms with Gasteiger partial charge in [0.25, 0.3) is 0 Å². The van der Waals surface area contributed by atoms with Gasteiger partial charge in [0.15, 0.2) is 0 Å². The molecule has 0 radical (unpaired) electrons. The third kappa shape index (κ3) is 3.04. The minimum absolute atomic E-state index is 0.281. The molecule has 2 rings (SSSR count). The second-order valence-electron chi connectivity index (χ2n) is 6.60. The number of carboxylic acid groups (broad SMARTS) is 1. The number of benzene rings is 1. The molecule has 1 aliphatic rings. The average molecular weight is 276 g/mol. The molecule has 3 nitrogen and oxygen atoms in total. The molecule has 2 N–H and O–H groups in total. The van der Waals surface area contributed by atoms with Crippen molar-refractivity contribution in [3.05, 3.63) is 35.9 Å². The van der Waals surface area contributed by atoms with Crippen LogP contribution in [0.4, 0.5) is 0 Å². The Kier molecular flexibility index (Phi) is 4.19. The Balaban J connectivity index is 2.26. The van der Waals surface area contributed by atoms with Crippen molar-refractivity contribution in [2.75, 3.05) is 0 Å². The molecule has 3 heteroatoms. The standard InChI is InChI=1S/C17H24O3/c1-13-7-6-10-17(11-13,15(18)19)12-16(2,20)14-8-4-3-5-9-14/h3-5,8-9,13,20H,6-7,10-12H2,1-2H3,(H,18,19). The first-order valence-electron chi connectivity index (χ1n) is 7.37. The van der Waals surface area contributed by atoms with Crippen LogP contribution >= 0.6 is 0 Å². The van der Waals surface area contributed by atoms with Crippen molar-refractivity contribution in [1.82, 2.24) is 0 Å². The zero-order valence-corrected chi connectivity index (χ0v) is 12.3. The Hall–Kier alpha value is -1.35. The van der Waals surface area contributed by atoms with Gasteiger partial charge in [0.05, 0.1) is 11.0 Å². The summed E-state index contributed by atoms with van der Waals surface area (Å²) in [6, 6.07) is 9.38. The highest BCUT2D eigenvalue weighted by atomic mass is 16.4. The van der Waals surface area contributed by atoms with Gasteiger partial charge < -0.3 is 10.2 Å². The summed E-state index contributed by atoms with van der Waals surface area (Å²) in [6.07, 6.45) is 3.62. The van der Waals surface area contributed by atoms with Gasteiger partial charge in [-0.1, -0.05) is 50.1 Å². The SMILES string of the molecule is CC1CCCC(CC(C)(O)c2ccccc2)(C(=O)O)C1. The molecular formula is C17H24O3. The third-order valence-electron chi connectivity index (χ3n) is 4.62. The summed E-state index contributed by atoms with van der Waals surface area (Å²) >= 11 is 0. The number of rotatable bonds is 4. The zero-order valence-electron chi connectivity index (χ0n) is 12.3. The maximum Gasteiger partial charge on any atom is 0.309 e. The second kappa shape index (κ2) is 5.57. The second-order valence-corrected chi connectivity index (χ2v) is 6.60. The van der Waals surface area contributed by atoms with Crippen LogP contribution in [0.2, 0.25) is 0 Å². The maximum absolute atomic E-state index is 11.8. The Morgan fingerprint density at radius 3 is 2.60 bits per heavy atom. The molecule has 0 heterocycles. The summed E-state index contributed by atoms with van der Waals surface area (Å²) in [6.45, 7) is 3.83. The first kappa shape index (κ1) is 15.0. The quantitative estimate of drug-likeness (QED) is 0.884. The van der Waals surface area contributed by atoms with E-state index in [1.165, 1.54) is 0 Å². The van der Waals surface area contributed by atoms with E-state index >= 15 is 0 Å². The van der Waals surface area contributed by atoms with E-state index in [1.54, 1.807) is 6.92 Å². The molecule has 0 amide bonds. The molecule has 20 heavy (non-hydrogen) atoms. The Morgan fingerprint density at radius 1 is 1.40 bits per heavy atom. The summed E-state index contributed by atoms with van der Waals surface area (Å²) < 4.78 is 0. The van der Waals surface area contributed by atoms with Gasteiger partial charge in [-0.25, -0.2) is 0 Å². The van der Waals surface area contributed by atoms with E-state index in [4.69, 9.17) is 0 Å². The molecule has 3 unspecified atom stereocenters. The van der Waals surface area contributed by atoms with Crippen molar-refractivity contribution < 1.29 is 15.0 Å². The van der Waals surface area contributed by atoms with Gasteiger partial charge in [0.1, 0.15) is 0 Å². The number of hydrogen-bond acceptors (Lipinski definition) is 2. The van der Waals surface area contributed by atoms with Gasteiger partial charge in [-0.2, -0.15) is 0 Å². The topological polar surface area (TPSA) is 57.5 Å². The van der Waals surface area contributed by atoms with Crippen LogP contribution in [0, 0.1) is 11.3 Å².